The molecule has 4 N–H and O–H groups in total. The van der Waals surface area contributed by atoms with Crippen LogP contribution in [0.1, 0.15) is 25.0 Å². The number of carbonyl (C=O) groups is 1. The Hall–Kier alpha value is -1.58. The van der Waals surface area contributed by atoms with Crippen LogP contribution < -0.4 is 5.73 Å². The number of benzene rings is 1. The molecule has 6 nitrogen and oxygen atoms in total. The van der Waals surface area contributed by atoms with Gasteiger partial charge in [0.1, 0.15) is 0 Å². The van der Waals surface area contributed by atoms with E-state index in [9.17, 15) is 22.0 Å². The van der Waals surface area contributed by atoms with Gasteiger partial charge in [-0.1, -0.05) is 24.3 Å². The SMILES string of the molecule is Cc1ccccc1C(C)(C)N.O=C(O)C(F)(F)S(=O)(=O)O. The van der Waals surface area contributed by atoms with E-state index in [0.717, 1.165) is 0 Å². The molecule has 0 unspecified atom stereocenters. The third-order valence-electron chi connectivity index (χ3n) is 2.41. The van der Waals surface area contributed by atoms with Crippen molar-refractivity contribution >= 4 is 16.1 Å². The van der Waals surface area contributed by atoms with Gasteiger partial charge in [-0.25, -0.2) is 4.79 Å². The third-order valence-corrected chi connectivity index (χ3v) is 3.23. The number of hydrogen-bond acceptors (Lipinski definition) is 4. The van der Waals surface area contributed by atoms with Crippen molar-refractivity contribution < 1.29 is 31.7 Å². The fourth-order valence-corrected chi connectivity index (χ4v) is 1.63. The predicted octanol–water partition coefficient (Wildman–Crippen LogP) is 1.74. The minimum Gasteiger partial charge on any atom is -0.476 e. The van der Waals surface area contributed by atoms with Crippen LogP contribution in [0.15, 0.2) is 24.3 Å². The topological polar surface area (TPSA) is 118 Å². The summed E-state index contributed by atoms with van der Waals surface area (Å²) in [6.07, 6.45) is 0. The molecule has 0 heterocycles. The van der Waals surface area contributed by atoms with Gasteiger partial charge in [-0.15, -0.1) is 0 Å². The van der Waals surface area contributed by atoms with Crippen molar-refractivity contribution in [2.24, 2.45) is 5.73 Å². The Morgan fingerprint density at radius 2 is 1.67 bits per heavy atom. The Balaban J connectivity index is 0.000000384. The Morgan fingerprint density at radius 1 is 1.24 bits per heavy atom. The van der Waals surface area contributed by atoms with Crippen molar-refractivity contribution in [3.05, 3.63) is 35.4 Å². The maximum absolute atomic E-state index is 11.6. The zero-order chi connectivity index (χ0) is 17.1. The maximum Gasteiger partial charge on any atom is 0.465 e. The van der Waals surface area contributed by atoms with Crippen molar-refractivity contribution in [1.82, 2.24) is 0 Å². The average Bonchev–Trinajstić information content (AvgIpc) is 2.27. The van der Waals surface area contributed by atoms with Crippen LogP contribution >= 0.6 is 0 Å². The number of halogens is 2. The second kappa shape index (κ2) is 6.46. The predicted molar refractivity (Wildman–Crippen MR) is 72.5 cm³/mol. The fraction of sp³-hybridized carbons (Fsp3) is 0.417. The Kier molecular flexibility index (Phi) is 5.97. The first kappa shape index (κ1) is 19.4. The van der Waals surface area contributed by atoms with Crippen molar-refractivity contribution in [3.8, 4) is 0 Å². The lowest BCUT2D eigenvalue weighted by Crippen LogP contribution is -2.36. The number of rotatable bonds is 3. The zero-order valence-corrected chi connectivity index (χ0v) is 12.5. The molecule has 0 amide bonds. The summed E-state index contributed by atoms with van der Waals surface area (Å²) in [6, 6.07) is 8.22. The molecule has 9 heteroatoms. The van der Waals surface area contributed by atoms with Gasteiger partial charge in [0, 0.05) is 5.54 Å². The van der Waals surface area contributed by atoms with Crippen molar-refractivity contribution in [2.75, 3.05) is 0 Å². The quantitative estimate of drug-likeness (QED) is 0.729. The number of carboxylic acid groups (broad SMARTS) is 1. The molecule has 0 atom stereocenters. The molecule has 0 aliphatic rings. The molecule has 0 fully saturated rings. The minimum atomic E-state index is -5.83. The third kappa shape index (κ3) is 5.37. The van der Waals surface area contributed by atoms with Gasteiger partial charge in [0.2, 0.25) is 0 Å². The van der Waals surface area contributed by atoms with Gasteiger partial charge < -0.3 is 10.8 Å². The number of carboxylic acids is 1. The van der Waals surface area contributed by atoms with Gasteiger partial charge in [0.15, 0.2) is 0 Å². The molecule has 0 radical (unpaired) electrons. The van der Waals surface area contributed by atoms with Crippen LogP contribution in [0.2, 0.25) is 0 Å². The molecule has 0 aliphatic carbocycles. The van der Waals surface area contributed by atoms with E-state index in [1.54, 1.807) is 0 Å². The molecule has 120 valence electrons. The van der Waals surface area contributed by atoms with Crippen LogP contribution in [0.3, 0.4) is 0 Å². The van der Waals surface area contributed by atoms with E-state index in [0.29, 0.717) is 0 Å². The summed E-state index contributed by atoms with van der Waals surface area (Å²) in [5, 5.41) is 2.37. The monoisotopic (exact) mass is 325 g/mol. The van der Waals surface area contributed by atoms with E-state index in [4.69, 9.17) is 15.4 Å². The van der Waals surface area contributed by atoms with E-state index in [2.05, 4.69) is 19.1 Å². The lowest BCUT2D eigenvalue weighted by Gasteiger charge is -2.21. The molecule has 1 aromatic carbocycles. The van der Waals surface area contributed by atoms with E-state index in [1.165, 1.54) is 11.1 Å². The van der Waals surface area contributed by atoms with Gasteiger partial charge in [-0.3, -0.25) is 4.55 Å². The lowest BCUT2D eigenvalue weighted by atomic mass is 9.92. The van der Waals surface area contributed by atoms with E-state index >= 15 is 0 Å². The largest absolute Gasteiger partial charge is 0.476 e. The molecule has 0 aliphatic heterocycles. The summed E-state index contributed by atoms with van der Waals surface area (Å²) in [5.41, 5.74) is 8.23. The molecular formula is C12H17F2NO5S. The number of alkyl halides is 2. The van der Waals surface area contributed by atoms with Gasteiger partial charge in [0.05, 0.1) is 0 Å². The molecule has 0 saturated heterocycles. The molecule has 0 saturated carbocycles. The first-order chi connectivity index (χ1) is 9.21. The summed E-state index contributed by atoms with van der Waals surface area (Å²) in [6.45, 7) is 6.13. The fourth-order valence-electron chi connectivity index (χ4n) is 1.41. The zero-order valence-electron chi connectivity index (χ0n) is 11.7. The molecule has 1 aromatic rings. The molecule has 0 bridgehead atoms. The number of aryl methyl sites for hydroxylation is 1. The standard InChI is InChI=1S/C10H15N.C2H2F2O5S/c1-8-6-4-5-7-9(8)10(2,3)11;3-2(4,1(5)6)10(7,8)9/h4-7H,11H2,1-3H3;(H,5,6)(H,7,8,9). The molecular weight excluding hydrogens is 308 g/mol. The summed E-state index contributed by atoms with van der Waals surface area (Å²) >= 11 is 0. The van der Waals surface area contributed by atoms with Crippen LogP contribution in [0.4, 0.5) is 8.78 Å². The van der Waals surface area contributed by atoms with Crippen LogP contribution in [0, 0.1) is 6.92 Å². The van der Waals surface area contributed by atoms with Gasteiger partial charge in [-0.05, 0) is 31.9 Å². The number of hydrogen-bond donors (Lipinski definition) is 3. The van der Waals surface area contributed by atoms with E-state index in [-0.39, 0.29) is 5.54 Å². The Morgan fingerprint density at radius 3 is 1.86 bits per heavy atom. The average molecular weight is 325 g/mol. The summed E-state index contributed by atoms with van der Waals surface area (Å²) in [5.74, 6) is -2.91. The second-order valence-corrected chi connectivity index (χ2v) is 6.30. The van der Waals surface area contributed by atoms with Crippen LogP contribution in [0.5, 0.6) is 0 Å². The smallest absolute Gasteiger partial charge is 0.465 e. The van der Waals surface area contributed by atoms with Crippen molar-refractivity contribution in [3.63, 3.8) is 0 Å². The summed E-state index contributed by atoms with van der Waals surface area (Å²) in [7, 11) is -5.83. The van der Waals surface area contributed by atoms with E-state index in [1.807, 2.05) is 26.0 Å². The van der Waals surface area contributed by atoms with Crippen LogP contribution in [-0.4, -0.2) is 29.3 Å². The summed E-state index contributed by atoms with van der Waals surface area (Å²) in [4.78, 5) is 9.38. The van der Waals surface area contributed by atoms with Gasteiger partial charge in [-0.2, -0.15) is 17.2 Å². The minimum absolute atomic E-state index is 0.217. The highest BCUT2D eigenvalue weighted by Gasteiger charge is 2.52. The summed E-state index contributed by atoms with van der Waals surface area (Å²) < 4.78 is 49.8. The Bertz CT molecular complexity index is 608. The molecule has 1 rings (SSSR count). The van der Waals surface area contributed by atoms with E-state index < -0.39 is 21.3 Å². The molecule has 21 heavy (non-hydrogen) atoms. The first-order valence-electron chi connectivity index (χ1n) is 5.64. The highest BCUT2D eigenvalue weighted by atomic mass is 32.2. The Labute approximate surface area is 121 Å². The highest BCUT2D eigenvalue weighted by molar-refractivity contribution is 7.87. The van der Waals surface area contributed by atoms with Crippen LogP contribution in [-0.2, 0) is 20.5 Å². The van der Waals surface area contributed by atoms with Crippen molar-refractivity contribution in [1.29, 1.82) is 0 Å². The normalized spacial score (nSPS) is 12.3. The number of aliphatic carboxylic acids is 1. The van der Waals surface area contributed by atoms with Crippen LogP contribution in [0.25, 0.3) is 0 Å². The first-order valence-corrected chi connectivity index (χ1v) is 7.08. The maximum atomic E-state index is 11.6. The van der Waals surface area contributed by atoms with Gasteiger partial charge >= 0.3 is 21.3 Å². The lowest BCUT2D eigenvalue weighted by molar-refractivity contribution is -0.154. The number of nitrogens with two attached hydrogens (primary N) is 1. The molecule has 0 spiro atoms. The highest BCUT2D eigenvalue weighted by Crippen LogP contribution is 2.20. The second-order valence-electron chi connectivity index (χ2n) is 4.83. The van der Waals surface area contributed by atoms with Crippen molar-refractivity contribution in [2.45, 2.75) is 31.6 Å². The van der Waals surface area contributed by atoms with Gasteiger partial charge in [0.25, 0.3) is 0 Å². The molecule has 0 aromatic heterocycles.